The van der Waals surface area contributed by atoms with Crippen LogP contribution in [0.1, 0.15) is 0 Å². The average Bonchev–Trinajstić information content (AvgIpc) is 3.59. The molecule has 1 fully saturated rings. The van der Waals surface area contributed by atoms with E-state index in [0.717, 1.165) is 59.7 Å². The molecule has 0 amide bonds. The SMILES string of the molecule is NS(=O)(=O)c1cccc(N2CCN(c3ncnc4ccc(-c5cn[nH]c5)cc34)CC2)c1.O=C(O)C(F)(F)F.O=C(O)C(F)(F)F.O=C(O)C(F)(F)F. The molecule has 0 atom stereocenters. The fraction of sp³-hybridized carbons (Fsp3) is 0.259. The van der Waals surface area contributed by atoms with E-state index in [1.54, 1.807) is 24.7 Å². The molecule has 1 aliphatic rings. The maximum atomic E-state index is 11.7. The maximum absolute atomic E-state index is 11.7. The number of alkyl halides is 9. The highest BCUT2D eigenvalue weighted by atomic mass is 32.2. The number of primary sulfonamides is 1. The largest absolute Gasteiger partial charge is 0.490 e. The number of H-pyrrole nitrogens is 1. The number of halogens is 9. The summed E-state index contributed by atoms with van der Waals surface area (Å²) >= 11 is 0. The highest BCUT2D eigenvalue weighted by Crippen LogP contribution is 2.30. The number of benzene rings is 2. The van der Waals surface area contributed by atoms with Gasteiger partial charge in [0.05, 0.1) is 16.6 Å². The lowest BCUT2D eigenvalue weighted by atomic mass is 10.1. The number of nitrogens with one attached hydrogen (secondary N) is 1. The molecule has 0 spiro atoms. The fourth-order valence-corrected chi connectivity index (χ4v) is 4.47. The Labute approximate surface area is 285 Å². The van der Waals surface area contributed by atoms with Crippen LogP contribution in [0.2, 0.25) is 0 Å². The predicted molar refractivity (Wildman–Crippen MR) is 160 cm³/mol. The van der Waals surface area contributed by atoms with Crippen LogP contribution < -0.4 is 14.9 Å². The number of rotatable bonds is 4. The van der Waals surface area contributed by atoms with E-state index in [1.165, 1.54) is 6.07 Å². The number of piperazine rings is 1. The number of fused-ring (bicyclic) bond motifs is 1. The lowest BCUT2D eigenvalue weighted by molar-refractivity contribution is -0.193. The summed E-state index contributed by atoms with van der Waals surface area (Å²) in [6.07, 6.45) is -10.0. The van der Waals surface area contributed by atoms with Crippen LogP contribution in [0.25, 0.3) is 22.0 Å². The second-order valence-electron chi connectivity index (χ2n) is 9.84. The molecular weight excluding hydrogens is 753 g/mol. The van der Waals surface area contributed by atoms with Gasteiger partial charge in [0.2, 0.25) is 10.0 Å². The molecule has 0 radical (unpaired) electrons. The number of nitrogens with zero attached hydrogens (tertiary/aromatic N) is 5. The van der Waals surface area contributed by atoms with Crippen LogP contribution in [0, 0.1) is 0 Å². The van der Waals surface area contributed by atoms with E-state index in [9.17, 15) is 47.9 Å². The zero-order chi connectivity index (χ0) is 39.7. The van der Waals surface area contributed by atoms with Crippen molar-refractivity contribution in [3.8, 4) is 11.1 Å². The van der Waals surface area contributed by atoms with Crippen molar-refractivity contribution in [2.75, 3.05) is 36.0 Å². The molecule has 284 valence electrons. The third-order valence-corrected chi connectivity index (χ3v) is 7.17. The molecule has 1 saturated heterocycles. The highest BCUT2D eigenvalue weighted by Gasteiger charge is 2.39. The van der Waals surface area contributed by atoms with Crippen LogP contribution in [-0.2, 0) is 24.4 Å². The summed E-state index contributed by atoms with van der Waals surface area (Å²) in [5, 5.41) is 34.5. The van der Waals surface area contributed by atoms with Crippen molar-refractivity contribution in [3.05, 3.63) is 61.2 Å². The number of hydrogen-bond acceptors (Lipinski definition) is 10. The van der Waals surface area contributed by atoms with Gasteiger partial charge in [-0.25, -0.2) is 37.9 Å². The van der Waals surface area contributed by atoms with E-state index in [2.05, 4.69) is 36.0 Å². The molecular formula is C27H24F9N7O8S. The Balaban J connectivity index is 0.000000365. The number of aliphatic carboxylic acids is 3. The second kappa shape index (κ2) is 17.0. The quantitative estimate of drug-likeness (QED) is 0.185. The highest BCUT2D eigenvalue weighted by molar-refractivity contribution is 7.89. The summed E-state index contributed by atoms with van der Waals surface area (Å²) in [5.41, 5.74) is 3.80. The van der Waals surface area contributed by atoms with Gasteiger partial charge in [0, 0.05) is 49.0 Å². The summed E-state index contributed by atoms with van der Waals surface area (Å²) < 4.78 is 119. The zero-order valence-corrected chi connectivity index (χ0v) is 26.4. The molecule has 0 saturated carbocycles. The summed E-state index contributed by atoms with van der Waals surface area (Å²) in [7, 11) is -3.73. The number of hydrogen-bond donors (Lipinski definition) is 5. The van der Waals surface area contributed by atoms with Gasteiger partial charge in [0.15, 0.2) is 0 Å². The molecule has 25 heteroatoms. The number of sulfonamides is 1. The Morgan fingerprint density at radius 3 is 1.67 bits per heavy atom. The Kier molecular flexibility index (Phi) is 13.9. The lowest BCUT2D eigenvalue weighted by Crippen LogP contribution is -2.47. The molecule has 6 N–H and O–H groups in total. The predicted octanol–water partition coefficient (Wildman–Crippen LogP) is 3.89. The molecule has 3 heterocycles. The van der Waals surface area contributed by atoms with Gasteiger partial charge in [-0.05, 0) is 35.9 Å². The first-order valence-electron chi connectivity index (χ1n) is 13.6. The van der Waals surface area contributed by atoms with Crippen molar-refractivity contribution in [2.24, 2.45) is 5.14 Å². The minimum atomic E-state index is -5.08. The second-order valence-corrected chi connectivity index (χ2v) is 11.4. The molecule has 52 heavy (non-hydrogen) atoms. The van der Waals surface area contributed by atoms with Crippen molar-refractivity contribution < 1.29 is 77.6 Å². The van der Waals surface area contributed by atoms with E-state index in [-0.39, 0.29) is 4.90 Å². The van der Waals surface area contributed by atoms with Crippen molar-refractivity contribution in [2.45, 2.75) is 23.4 Å². The van der Waals surface area contributed by atoms with Crippen molar-refractivity contribution in [1.82, 2.24) is 20.2 Å². The molecule has 2 aromatic carbocycles. The van der Waals surface area contributed by atoms with Gasteiger partial charge in [-0.15, -0.1) is 0 Å². The van der Waals surface area contributed by atoms with E-state index >= 15 is 0 Å². The Hall–Kier alpha value is -5.72. The number of carbonyl (C=O) groups is 3. The monoisotopic (exact) mass is 777 g/mol. The number of anilines is 2. The maximum Gasteiger partial charge on any atom is 0.490 e. The minimum absolute atomic E-state index is 0.126. The average molecular weight is 778 g/mol. The number of nitrogens with two attached hydrogens (primary N) is 1. The van der Waals surface area contributed by atoms with E-state index in [0.29, 0.717) is 0 Å². The van der Waals surface area contributed by atoms with Gasteiger partial charge in [-0.1, -0.05) is 12.1 Å². The number of aromatic amines is 1. The van der Waals surface area contributed by atoms with Crippen LogP contribution in [0.4, 0.5) is 51.0 Å². The molecule has 15 nitrogen and oxygen atoms in total. The van der Waals surface area contributed by atoms with Crippen molar-refractivity contribution in [1.29, 1.82) is 0 Å². The topological polar surface area (TPSA) is 233 Å². The van der Waals surface area contributed by atoms with E-state index in [1.807, 2.05) is 24.4 Å². The minimum Gasteiger partial charge on any atom is -0.475 e. The number of carboxylic acid groups (broad SMARTS) is 3. The standard InChI is InChI=1S/C21H21N7O2S.3C2HF3O2/c22-31(29,30)18-3-1-2-17(11-18)27-6-8-28(9-7-27)21-19-10-15(16-12-25-26-13-16)4-5-20(19)23-14-24-21;3*3-2(4,5)1(6)7/h1-5,10-14H,6-9H2,(H,25,26)(H2,22,29,30);3*(H,6,7). The Morgan fingerprint density at radius 1 is 0.731 bits per heavy atom. The first-order chi connectivity index (χ1) is 23.8. The van der Waals surface area contributed by atoms with Crippen LogP contribution in [0.15, 0.2) is 66.1 Å². The summed E-state index contributed by atoms with van der Waals surface area (Å²) in [6.45, 7) is 2.98. The Bertz CT molecular complexity index is 1890. The summed E-state index contributed by atoms with van der Waals surface area (Å²) in [4.78, 5) is 40.2. The molecule has 4 aromatic rings. The smallest absolute Gasteiger partial charge is 0.475 e. The van der Waals surface area contributed by atoms with Crippen LogP contribution in [0.3, 0.4) is 0 Å². The number of carboxylic acids is 3. The normalized spacial score (nSPS) is 13.4. The van der Waals surface area contributed by atoms with Gasteiger partial charge in [-0.3, -0.25) is 5.10 Å². The zero-order valence-electron chi connectivity index (χ0n) is 25.6. The molecule has 2 aromatic heterocycles. The molecule has 1 aliphatic heterocycles. The third-order valence-electron chi connectivity index (χ3n) is 6.26. The van der Waals surface area contributed by atoms with Crippen LogP contribution in [-0.4, -0.2) is 107 Å². The van der Waals surface area contributed by atoms with Crippen LogP contribution in [0.5, 0.6) is 0 Å². The molecule has 0 bridgehead atoms. The van der Waals surface area contributed by atoms with E-state index < -0.39 is 46.5 Å². The van der Waals surface area contributed by atoms with Gasteiger partial charge >= 0.3 is 36.4 Å². The molecule has 0 unspecified atom stereocenters. The summed E-state index contributed by atoms with van der Waals surface area (Å²) in [6, 6.07) is 12.9. The van der Waals surface area contributed by atoms with E-state index in [4.69, 9.17) is 34.8 Å². The first-order valence-corrected chi connectivity index (χ1v) is 15.1. The summed E-state index contributed by atoms with van der Waals surface area (Å²) in [5.74, 6) is -7.37. The van der Waals surface area contributed by atoms with Gasteiger partial charge in [0.1, 0.15) is 12.1 Å². The van der Waals surface area contributed by atoms with Crippen molar-refractivity contribution in [3.63, 3.8) is 0 Å². The number of aromatic nitrogens is 4. The van der Waals surface area contributed by atoms with Gasteiger partial charge < -0.3 is 25.1 Å². The fourth-order valence-electron chi connectivity index (χ4n) is 3.92. The lowest BCUT2D eigenvalue weighted by Gasteiger charge is -2.37. The van der Waals surface area contributed by atoms with Gasteiger partial charge in [0.25, 0.3) is 0 Å². The Morgan fingerprint density at radius 2 is 1.23 bits per heavy atom. The first kappa shape index (κ1) is 42.4. The molecule has 5 rings (SSSR count). The third kappa shape index (κ3) is 12.9. The van der Waals surface area contributed by atoms with Crippen molar-refractivity contribution >= 4 is 50.3 Å². The van der Waals surface area contributed by atoms with Gasteiger partial charge in [-0.2, -0.15) is 44.6 Å². The molecule has 0 aliphatic carbocycles. The van der Waals surface area contributed by atoms with Crippen LogP contribution >= 0.6 is 0 Å².